The van der Waals surface area contributed by atoms with Crippen LogP contribution in [0.15, 0.2) is 46.2 Å². The molecule has 4 heteroatoms. The second-order valence-corrected chi connectivity index (χ2v) is 5.49. The monoisotopic (exact) mass is 280 g/mol. The van der Waals surface area contributed by atoms with Gasteiger partial charge >= 0.3 is 0 Å². The van der Waals surface area contributed by atoms with Crippen LogP contribution < -0.4 is 0 Å². The lowest BCUT2D eigenvalue weighted by Crippen LogP contribution is -1.97. The molecule has 0 aliphatic carbocycles. The molecule has 0 saturated heterocycles. The predicted octanol–water partition coefficient (Wildman–Crippen LogP) is 4.48. The molecule has 2 rings (SSSR count). The van der Waals surface area contributed by atoms with Crippen molar-refractivity contribution in [3.05, 3.63) is 59.2 Å². The average Bonchev–Trinajstić information content (AvgIpc) is 2.36. The summed E-state index contributed by atoms with van der Waals surface area (Å²) >= 11 is 1.38. The predicted molar refractivity (Wildman–Crippen MR) is 72.3 cm³/mol. The molecular formula is C15H14F2OS. The van der Waals surface area contributed by atoms with Crippen molar-refractivity contribution in [3.8, 4) is 0 Å². The molecule has 100 valence electrons. The number of halogens is 2. The molecular weight excluding hydrogens is 266 g/mol. The van der Waals surface area contributed by atoms with Crippen molar-refractivity contribution in [1.29, 1.82) is 0 Å². The zero-order chi connectivity index (χ0) is 14.0. The third-order valence-electron chi connectivity index (χ3n) is 2.78. The zero-order valence-electron chi connectivity index (χ0n) is 10.7. The Morgan fingerprint density at radius 3 is 2.32 bits per heavy atom. The lowest BCUT2D eigenvalue weighted by Gasteiger charge is -2.13. The molecule has 0 amide bonds. The van der Waals surface area contributed by atoms with Crippen molar-refractivity contribution >= 4 is 11.8 Å². The molecule has 2 aromatic rings. The topological polar surface area (TPSA) is 20.2 Å². The van der Waals surface area contributed by atoms with E-state index >= 15 is 0 Å². The Morgan fingerprint density at radius 2 is 1.74 bits per heavy atom. The summed E-state index contributed by atoms with van der Waals surface area (Å²) in [4.78, 5) is 1.62. The molecule has 0 unspecified atom stereocenters. The Bertz CT molecular complexity index is 579. The third-order valence-corrected chi connectivity index (χ3v) is 3.86. The highest BCUT2D eigenvalue weighted by Crippen LogP contribution is 2.34. The van der Waals surface area contributed by atoms with Crippen LogP contribution in [0.4, 0.5) is 8.78 Å². The Labute approximate surface area is 115 Å². The number of hydrogen-bond acceptors (Lipinski definition) is 2. The van der Waals surface area contributed by atoms with Crippen molar-refractivity contribution in [1.82, 2.24) is 0 Å². The van der Waals surface area contributed by atoms with Gasteiger partial charge in [0.25, 0.3) is 0 Å². The lowest BCUT2D eigenvalue weighted by molar-refractivity contribution is 0.196. The molecule has 0 aliphatic heterocycles. The first kappa shape index (κ1) is 14.0. The standard InChI is InChI=1S/C15H14F2OS/c1-9-7-15(13(10(2)18)8-14(9)17)19-12-5-3-11(16)4-6-12/h3-8,10,18H,1-2H3/t10-/m1/s1. The van der Waals surface area contributed by atoms with Gasteiger partial charge in [0.05, 0.1) is 6.10 Å². The fourth-order valence-electron chi connectivity index (χ4n) is 1.71. The molecule has 1 atom stereocenters. The van der Waals surface area contributed by atoms with E-state index in [0.717, 1.165) is 9.79 Å². The SMILES string of the molecule is Cc1cc(Sc2ccc(F)cc2)c([C@@H](C)O)cc1F. The van der Waals surface area contributed by atoms with Crippen LogP contribution in [0, 0.1) is 18.6 Å². The maximum absolute atomic E-state index is 13.5. The fourth-order valence-corrected chi connectivity index (χ4v) is 2.82. The smallest absolute Gasteiger partial charge is 0.126 e. The summed E-state index contributed by atoms with van der Waals surface area (Å²) in [5.41, 5.74) is 1.06. The summed E-state index contributed by atoms with van der Waals surface area (Å²) < 4.78 is 26.4. The maximum Gasteiger partial charge on any atom is 0.126 e. The minimum absolute atomic E-state index is 0.296. The average molecular weight is 280 g/mol. The van der Waals surface area contributed by atoms with Crippen LogP contribution >= 0.6 is 11.8 Å². The Kier molecular flexibility index (Phi) is 4.22. The molecule has 1 nitrogen and oxygen atoms in total. The van der Waals surface area contributed by atoms with E-state index in [1.165, 1.54) is 30.0 Å². The molecule has 0 aliphatic rings. The van der Waals surface area contributed by atoms with Gasteiger partial charge in [-0.3, -0.25) is 0 Å². The number of rotatable bonds is 3. The van der Waals surface area contributed by atoms with Crippen LogP contribution in [-0.4, -0.2) is 5.11 Å². The van der Waals surface area contributed by atoms with Crippen LogP contribution in [0.3, 0.4) is 0 Å². The van der Waals surface area contributed by atoms with E-state index in [2.05, 4.69) is 0 Å². The molecule has 19 heavy (non-hydrogen) atoms. The van der Waals surface area contributed by atoms with Gasteiger partial charge in [-0.25, -0.2) is 8.78 Å². The highest BCUT2D eigenvalue weighted by atomic mass is 32.2. The van der Waals surface area contributed by atoms with E-state index in [9.17, 15) is 13.9 Å². The maximum atomic E-state index is 13.5. The van der Waals surface area contributed by atoms with E-state index in [-0.39, 0.29) is 11.6 Å². The van der Waals surface area contributed by atoms with Gasteiger partial charge in [0.15, 0.2) is 0 Å². The number of aliphatic hydroxyl groups excluding tert-OH is 1. The van der Waals surface area contributed by atoms with Crippen LogP contribution in [0.25, 0.3) is 0 Å². The molecule has 2 aromatic carbocycles. The first-order valence-electron chi connectivity index (χ1n) is 5.89. The van der Waals surface area contributed by atoms with Gasteiger partial charge in [-0.05, 0) is 61.4 Å². The molecule has 0 radical (unpaired) electrons. The van der Waals surface area contributed by atoms with E-state index in [1.54, 1.807) is 32.0 Å². The highest BCUT2D eigenvalue weighted by molar-refractivity contribution is 7.99. The lowest BCUT2D eigenvalue weighted by atomic mass is 10.1. The zero-order valence-corrected chi connectivity index (χ0v) is 11.5. The number of hydrogen-bond donors (Lipinski definition) is 1. The largest absolute Gasteiger partial charge is 0.389 e. The van der Waals surface area contributed by atoms with Gasteiger partial charge in [0.2, 0.25) is 0 Å². The molecule has 1 N–H and O–H groups in total. The molecule has 0 heterocycles. The first-order valence-corrected chi connectivity index (χ1v) is 6.70. The molecule has 0 spiro atoms. The van der Waals surface area contributed by atoms with Gasteiger partial charge in [-0.15, -0.1) is 0 Å². The molecule has 0 saturated carbocycles. The summed E-state index contributed by atoms with van der Waals surface area (Å²) in [5, 5.41) is 9.70. The number of aliphatic hydroxyl groups is 1. The Hall–Kier alpha value is -1.39. The normalized spacial score (nSPS) is 12.5. The summed E-state index contributed by atoms with van der Waals surface area (Å²) in [5.74, 6) is -0.630. The summed E-state index contributed by atoms with van der Waals surface area (Å²) in [6.45, 7) is 3.27. The van der Waals surface area contributed by atoms with E-state index in [0.29, 0.717) is 11.1 Å². The van der Waals surface area contributed by atoms with Crippen LogP contribution in [0.2, 0.25) is 0 Å². The van der Waals surface area contributed by atoms with Crippen molar-refractivity contribution < 1.29 is 13.9 Å². The van der Waals surface area contributed by atoms with Crippen LogP contribution in [-0.2, 0) is 0 Å². The van der Waals surface area contributed by atoms with Gasteiger partial charge in [-0.1, -0.05) is 11.8 Å². The number of benzene rings is 2. The first-order chi connectivity index (χ1) is 8.97. The van der Waals surface area contributed by atoms with Gasteiger partial charge in [-0.2, -0.15) is 0 Å². The minimum Gasteiger partial charge on any atom is -0.389 e. The third kappa shape index (κ3) is 3.33. The molecule has 0 bridgehead atoms. The van der Waals surface area contributed by atoms with Crippen molar-refractivity contribution in [2.45, 2.75) is 29.7 Å². The fraction of sp³-hybridized carbons (Fsp3) is 0.200. The highest BCUT2D eigenvalue weighted by Gasteiger charge is 2.13. The minimum atomic E-state index is -0.752. The Balaban J connectivity index is 2.38. The van der Waals surface area contributed by atoms with E-state index < -0.39 is 6.10 Å². The van der Waals surface area contributed by atoms with E-state index in [1.807, 2.05) is 0 Å². The van der Waals surface area contributed by atoms with Crippen molar-refractivity contribution in [2.75, 3.05) is 0 Å². The van der Waals surface area contributed by atoms with Crippen molar-refractivity contribution in [3.63, 3.8) is 0 Å². The van der Waals surface area contributed by atoms with Crippen LogP contribution in [0.1, 0.15) is 24.2 Å². The summed E-state index contributed by atoms with van der Waals surface area (Å²) in [6, 6.07) is 9.12. The second-order valence-electron chi connectivity index (χ2n) is 4.37. The molecule has 0 aromatic heterocycles. The number of aryl methyl sites for hydroxylation is 1. The van der Waals surface area contributed by atoms with Crippen molar-refractivity contribution in [2.24, 2.45) is 0 Å². The quantitative estimate of drug-likeness (QED) is 0.894. The summed E-state index contributed by atoms with van der Waals surface area (Å²) in [7, 11) is 0. The Morgan fingerprint density at radius 1 is 1.11 bits per heavy atom. The van der Waals surface area contributed by atoms with E-state index in [4.69, 9.17) is 0 Å². The molecule has 0 fully saturated rings. The van der Waals surface area contributed by atoms with Crippen LogP contribution in [0.5, 0.6) is 0 Å². The van der Waals surface area contributed by atoms with Gasteiger partial charge in [0, 0.05) is 9.79 Å². The van der Waals surface area contributed by atoms with Gasteiger partial charge in [0.1, 0.15) is 11.6 Å². The summed E-state index contributed by atoms with van der Waals surface area (Å²) in [6.07, 6.45) is -0.752. The second kappa shape index (κ2) is 5.72. The van der Waals surface area contributed by atoms with Gasteiger partial charge < -0.3 is 5.11 Å².